The molecule has 2 fully saturated rings. The van der Waals surface area contributed by atoms with Crippen molar-refractivity contribution in [2.24, 2.45) is 0 Å². The second-order valence-corrected chi connectivity index (χ2v) is 5.09. The average molecular weight is 305 g/mol. The summed E-state index contributed by atoms with van der Waals surface area (Å²) in [6.45, 7) is 0.840. The second-order valence-electron chi connectivity index (χ2n) is 5.09. The van der Waals surface area contributed by atoms with Crippen LogP contribution in [0.5, 0.6) is 0 Å². The fourth-order valence-electron chi connectivity index (χ4n) is 2.10. The molecule has 2 aliphatic rings. The van der Waals surface area contributed by atoms with Gasteiger partial charge in [0.25, 0.3) is 5.91 Å². The van der Waals surface area contributed by atoms with Crippen LogP contribution in [0.4, 0.5) is 4.79 Å². The lowest BCUT2D eigenvalue weighted by Crippen LogP contribution is -2.38. The molecule has 0 radical (unpaired) electrons. The Bertz CT molecular complexity index is 583. The summed E-state index contributed by atoms with van der Waals surface area (Å²) < 4.78 is 15.3. The second kappa shape index (κ2) is 6.25. The van der Waals surface area contributed by atoms with Gasteiger partial charge in [0.15, 0.2) is 0 Å². The highest BCUT2D eigenvalue weighted by Crippen LogP contribution is 2.20. The van der Waals surface area contributed by atoms with Crippen molar-refractivity contribution in [2.75, 3.05) is 13.2 Å². The first-order valence-electron chi connectivity index (χ1n) is 6.96. The Hall–Kier alpha value is -2.25. The third kappa shape index (κ3) is 3.32. The summed E-state index contributed by atoms with van der Waals surface area (Å²) in [4.78, 5) is 36.3. The van der Waals surface area contributed by atoms with Gasteiger partial charge >= 0.3 is 6.09 Å². The number of benzene rings is 1. The van der Waals surface area contributed by atoms with E-state index in [4.69, 9.17) is 14.2 Å². The number of rotatable bonds is 5. The summed E-state index contributed by atoms with van der Waals surface area (Å²) in [6.07, 6.45) is -2.05. The molecule has 2 saturated heterocycles. The summed E-state index contributed by atoms with van der Waals surface area (Å²) in [5, 5.41) is 0. The molecule has 1 aromatic rings. The van der Waals surface area contributed by atoms with Gasteiger partial charge in [-0.2, -0.15) is 4.90 Å². The Morgan fingerprint density at radius 1 is 1.27 bits per heavy atom. The lowest BCUT2D eigenvalue weighted by Gasteiger charge is -2.13. The van der Waals surface area contributed by atoms with E-state index >= 15 is 0 Å². The number of hydrogen-bond donors (Lipinski definition) is 0. The minimum Gasteiger partial charge on any atom is -0.444 e. The zero-order valence-corrected chi connectivity index (χ0v) is 11.8. The van der Waals surface area contributed by atoms with Gasteiger partial charge in [-0.25, -0.2) is 4.79 Å². The van der Waals surface area contributed by atoms with Crippen LogP contribution in [0.3, 0.4) is 0 Å². The van der Waals surface area contributed by atoms with Crippen molar-refractivity contribution in [1.29, 1.82) is 0 Å². The topological polar surface area (TPSA) is 85.4 Å². The lowest BCUT2D eigenvalue weighted by molar-refractivity contribution is -0.140. The molecule has 7 heteroatoms. The van der Waals surface area contributed by atoms with Crippen LogP contribution in [0.2, 0.25) is 0 Å². The maximum atomic E-state index is 12.0. The van der Waals surface area contributed by atoms with Crippen LogP contribution in [-0.4, -0.2) is 48.2 Å². The van der Waals surface area contributed by atoms with E-state index in [1.807, 2.05) is 6.07 Å². The van der Waals surface area contributed by atoms with Crippen molar-refractivity contribution in [3.63, 3.8) is 0 Å². The number of imide groups is 3. The molecule has 3 rings (SSSR count). The number of carbonyl (C=O) groups is 3. The largest absolute Gasteiger partial charge is 0.444 e. The predicted molar refractivity (Wildman–Crippen MR) is 72.6 cm³/mol. The molecule has 0 aliphatic carbocycles. The van der Waals surface area contributed by atoms with Gasteiger partial charge in [0.1, 0.15) is 18.8 Å². The minimum atomic E-state index is -0.965. The summed E-state index contributed by atoms with van der Waals surface area (Å²) in [5.74, 6) is -1.28. The molecule has 22 heavy (non-hydrogen) atoms. The molecule has 2 atom stereocenters. The minimum absolute atomic E-state index is 0.00181. The van der Waals surface area contributed by atoms with Crippen molar-refractivity contribution in [3.8, 4) is 0 Å². The van der Waals surface area contributed by atoms with Gasteiger partial charge in [0.05, 0.1) is 19.6 Å². The molecule has 0 N–H and O–H groups in total. The number of likely N-dealkylation sites (tertiary alicyclic amines) is 1. The van der Waals surface area contributed by atoms with Gasteiger partial charge in [-0.3, -0.25) is 9.59 Å². The predicted octanol–water partition coefficient (Wildman–Crippen LogP) is 0.866. The molecular formula is C15H15NO6. The SMILES string of the molecule is O=C1CC(OCC2CO2)C(=O)N1C(=O)OCc1ccccc1. The smallest absolute Gasteiger partial charge is 0.423 e. The third-order valence-electron chi connectivity index (χ3n) is 3.38. The molecule has 0 aromatic heterocycles. The first-order valence-corrected chi connectivity index (χ1v) is 6.96. The van der Waals surface area contributed by atoms with Crippen molar-refractivity contribution >= 4 is 17.9 Å². The Labute approximate surface area is 126 Å². The molecule has 3 amide bonds. The maximum absolute atomic E-state index is 12.0. The van der Waals surface area contributed by atoms with Crippen molar-refractivity contribution in [1.82, 2.24) is 4.90 Å². The van der Waals surface area contributed by atoms with Crippen molar-refractivity contribution < 1.29 is 28.6 Å². The van der Waals surface area contributed by atoms with E-state index in [2.05, 4.69) is 0 Å². The zero-order chi connectivity index (χ0) is 15.5. The van der Waals surface area contributed by atoms with Gasteiger partial charge in [-0.15, -0.1) is 0 Å². The fraction of sp³-hybridized carbons (Fsp3) is 0.400. The van der Waals surface area contributed by atoms with E-state index in [0.717, 1.165) is 5.56 Å². The molecule has 2 aliphatic heterocycles. The summed E-state index contributed by atoms with van der Waals surface area (Å²) in [7, 11) is 0. The van der Waals surface area contributed by atoms with E-state index in [9.17, 15) is 14.4 Å². The Balaban J connectivity index is 1.54. The van der Waals surface area contributed by atoms with Crippen LogP contribution in [0.15, 0.2) is 30.3 Å². The molecule has 0 spiro atoms. The molecule has 1 aromatic carbocycles. The lowest BCUT2D eigenvalue weighted by atomic mass is 10.2. The normalized spacial score (nSPS) is 23.7. The van der Waals surface area contributed by atoms with E-state index in [-0.39, 0.29) is 25.7 Å². The van der Waals surface area contributed by atoms with Crippen LogP contribution in [-0.2, 0) is 30.4 Å². The first kappa shape index (κ1) is 14.7. The number of carbonyl (C=O) groups excluding carboxylic acids is 3. The highest BCUT2D eigenvalue weighted by atomic mass is 16.6. The van der Waals surface area contributed by atoms with Crippen LogP contribution in [0.1, 0.15) is 12.0 Å². The van der Waals surface area contributed by atoms with E-state index < -0.39 is 24.0 Å². The highest BCUT2D eigenvalue weighted by Gasteiger charge is 2.44. The van der Waals surface area contributed by atoms with Gasteiger partial charge < -0.3 is 14.2 Å². The van der Waals surface area contributed by atoms with Gasteiger partial charge in [-0.1, -0.05) is 30.3 Å². The van der Waals surface area contributed by atoms with Crippen molar-refractivity contribution in [2.45, 2.75) is 25.2 Å². The molecule has 0 saturated carbocycles. The van der Waals surface area contributed by atoms with E-state index in [0.29, 0.717) is 11.5 Å². The fourth-order valence-corrected chi connectivity index (χ4v) is 2.10. The standard InChI is InChI=1S/C15H15NO6/c17-13-6-12(21-9-11-8-20-11)14(18)16(13)15(19)22-7-10-4-2-1-3-5-10/h1-5,11-12H,6-9H2. The zero-order valence-electron chi connectivity index (χ0n) is 11.8. The number of hydrogen-bond acceptors (Lipinski definition) is 6. The van der Waals surface area contributed by atoms with E-state index in [1.165, 1.54) is 0 Å². The molecule has 2 unspecified atom stereocenters. The molecular weight excluding hydrogens is 290 g/mol. The van der Waals surface area contributed by atoms with Crippen LogP contribution >= 0.6 is 0 Å². The maximum Gasteiger partial charge on any atom is 0.423 e. The van der Waals surface area contributed by atoms with Gasteiger partial charge in [0, 0.05) is 0 Å². The van der Waals surface area contributed by atoms with Crippen molar-refractivity contribution in [3.05, 3.63) is 35.9 Å². The Kier molecular flexibility index (Phi) is 4.17. The summed E-state index contributed by atoms with van der Waals surface area (Å²) in [5.41, 5.74) is 0.772. The number of ether oxygens (including phenoxy) is 3. The molecule has 0 bridgehead atoms. The number of epoxide rings is 1. The molecule has 116 valence electrons. The van der Waals surface area contributed by atoms with Crippen LogP contribution in [0.25, 0.3) is 0 Å². The third-order valence-corrected chi connectivity index (χ3v) is 3.38. The highest BCUT2D eigenvalue weighted by molar-refractivity contribution is 6.15. The van der Waals surface area contributed by atoms with Gasteiger partial charge in [-0.05, 0) is 5.56 Å². The number of nitrogens with zero attached hydrogens (tertiary/aromatic N) is 1. The first-order chi connectivity index (χ1) is 10.6. The summed E-state index contributed by atoms with van der Waals surface area (Å²) >= 11 is 0. The average Bonchev–Trinajstić information content (AvgIpc) is 3.30. The summed E-state index contributed by atoms with van der Waals surface area (Å²) in [6, 6.07) is 9.01. The quantitative estimate of drug-likeness (QED) is 0.592. The molecule has 7 nitrogen and oxygen atoms in total. The van der Waals surface area contributed by atoms with Crippen LogP contribution in [0, 0.1) is 0 Å². The Morgan fingerprint density at radius 2 is 2.00 bits per heavy atom. The Morgan fingerprint density at radius 3 is 2.68 bits per heavy atom. The van der Waals surface area contributed by atoms with Gasteiger partial charge in [0.2, 0.25) is 5.91 Å². The number of amides is 3. The monoisotopic (exact) mass is 305 g/mol. The molecule has 2 heterocycles. The van der Waals surface area contributed by atoms with E-state index in [1.54, 1.807) is 24.3 Å². The van der Waals surface area contributed by atoms with Crippen LogP contribution < -0.4 is 0 Å².